The summed E-state index contributed by atoms with van der Waals surface area (Å²) >= 11 is 2.16. The highest BCUT2D eigenvalue weighted by Crippen LogP contribution is 2.16. The molecule has 0 fully saturated rings. The molecule has 0 saturated carbocycles. The van der Waals surface area contributed by atoms with Gasteiger partial charge in [0, 0.05) is 5.69 Å². The van der Waals surface area contributed by atoms with Crippen molar-refractivity contribution in [1.29, 1.82) is 0 Å². The van der Waals surface area contributed by atoms with Crippen LogP contribution in [0, 0.1) is 17.4 Å². The topological polar surface area (TPSA) is 27.1 Å². The van der Waals surface area contributed by atoms with Gasteiger partial charge in [-0.15, -0.1) is 0 Å². The minimum atomic E-state index is -4.26. The van der Waals surface area contributed by atoms with Crippen LogP contribution in [0.4, 0.5) is 13.2 Å². The highest BCUT2D eigenvalue weighted by molar-refractivity contribution is 14.1. The lowest BCUT2D eigenvalue weighted by atomic mass is 10.4. The molecule has 0 N–H and O–H groups in total. The van der Waals surface area contributed by atoms with Gasteiger partial charge in [0.05, 0.1) is 22.4 Å². The third-order valence-corrected chi connectivity index (χ3v) is 3.57. The zero-order chi connectivity index (χ0) is 12.3. The minimum Gasteiger partial charge on any atom is -0.370 e. The molecule has 0 aromatic carbocycles. The predicted octanol–water partition coefficient (Wildman–Crippen LogP) is 2.68. The lowest BCUT2D eigenvalue weighted by Crippen LogP contribution is -2.19. The van der Waals surface area contributed by atoms with Gasteiger partial charge in [-0.25, -0.2) is 0 Å². The first-order valence-corrected chi connectivity index (χ1v) is 5.73. The van der Waals surface area contributed by atoms with Crippen molar-refractivity contribution in [3.8, 4) is 0 Å². The van der Waals surface area contributed by atoms with E-state index in [1.54, 1.807) is 4.68 Å². The zero-order valence-corrected chi connectivity index (χ0v) is 11.1. The molecule has 7 heteroatoms. The second kappa shape index (κ2) is 5.35. The van der Waals surface area contributed by atoms with Crippen molar-refractivity contribution in [3.63, 3.8) is 0 Å². The van der Waals surface area contributed by atoms with Gasteiger partial charge in [-0.2, -0.15) is 18.3 Å². The number of hydrogen-bond acceptors (Lipinski definition) is 2. The van der Waals surface area contributed by atoms with Crippen molar-refractivity contribution in [1.82, 2.24) is 9.78 Å². The van der Waals surface area contributed by atoms with E-state index in [0.717, 1.165) is 15.0 Å². The fourth-order valence-corrected chi connectivity index (χ4v) is 1.62. The Bertz CT molecular complexity index is 362. The molecule has 0 aliphatic rings. The van der Waals surface area contributed by atoms with Crippen LogP contribution in [-0.4, -0.2) is 29.2 Å². The van der Waals surface area contributed by atoms with E-state index in [4.69, 9.17) is 0 Å². The molecule has 0 saturated heterocycles. The first kappa shape index (κ1) is 13.8. The fraction of sp³-hybridized carbons (Fsp3) is 0.667. The predicted molar refractivity (Wildman–Crippen MR) is 61.3 cm³/mol. The van der Waals surface area contributed by atoms with Crippen LogP contribution < -0.4 is 0 Å². The first-order chi connectivity index (χ1) is 7.31. The van der Waals surface area contributed by atoms with Crippen molar-refractivity contribution < 1.29 is 17.9 Å². The maximum atomic E-state index is 11.8. The Morgan fingerprint density at radius 1 is 1.38 bits per heavy atom. The van der Waals surface area contributed by atoms with Gasteiger partial charge in [-0.1, -0.05) is 0 Å². The Morgan fingerprint density at radius 2 is 2.00 bits per heavy atom. The molecule has 0 radical (unpaired) electrons. The number of alkyl halides is 3. The summed E-state index contributed by atoms with van der Waals surface area (Å²) in [6.45, 7) is 2.89. The highest BCUT2D eigenvalue weighted by Gasteiger charge is 2.27. The second-order valence-electron chi connectivity index (χ2n) is 3.38. The molecule has 3 nitrogen and oxygen atoms in total. The molecular formula is C9H12F3IN2O. The van der Waals surface area contributed by atoms with Gasteiger partial charge in [-0.3, -0.25) is 4.68 Å². The maximum absolute atomic E-state index is 11.8. The van der Waals surface area contributed by atoms with Crippen LogP contribution in [0.3, 0.4) is 0 Å². The van der Waals surface area contributed by atoms with Crippen molar-refractivity contribution in [2.24, 2.45) is 0 Å². The summed E-state index contributed by atoms with van der Waals surface area (Å²) in [4.78, 5) is 0. The van der Waals surface area contributed by atoms with Crippen molar-refractivity contribution in [3.05, 3.63) is 15.0 Å². The average molecular weight is 348 g/mol. The summed E-state index contributed by atoms with van der Waals surface area (Å²) in [6, 6.07) is 0. The van der Waals surface area contributed by atoms with Crippen LogP contribution in [0.15, 0.2) is 0 Å². The summed E-state index contributed by atoms with van der Waals surface area (Å²) in [5.74, 6) is 0. The molecule has 1 heterocycles. The molecule has 0 spiro atoms. The Kier molecular flexibility index (Phi) is 4.60. The summed E-state index contributed by atoms with van der Waals surface area (Å²) in [7, 11) is 0. The molecule has 0 aliphatic heterocycles. The number of aryl methyl sites for hydroxylation is 1. The second-order valence-corrected chi connectivity index (χ2v) is 4.45. The van der Waals surface area contributed by atoms with E-state index in [1.165, 1.54) is 0 Å². The van der Waals surface area contributed by atoms with Gasteiger partial charge < -0.3 is 4.74 Å². The standard InChI is InChI=1S/C9H12F3IN2O/c1-6-8(13)7(2)15(14-6)3-4-16-5-9(10,11)12/h3-5H2,1-2H3. The van der Waals surface area contributed by atoms with E-state index in [9.17, 15) is 13.2 Å². The smallest absolute Gasteiger partial charge is 0.370 e. The van der Waals surface area contributed by atoms with E-state index in [1.807, 2.05) is 13.8 Å². The summed E-state index contributed by atoms with van der Waals surface area (Å²) in [5.41, 5.74) is 1.84. The molecule has 0 aliphatic carbocycles. The van der Waals surface area contributed by atoms with Crippen molar-refractivity contribution in [2.75, 3.05) is 13.2 Å². The van der Waals surface area contributed by atoms with Gasteiger partial charge in [0.15, 0.2) is 0 Å². The van der Waals surface area contributed by atoms with E-state index >= 15 is 0 Å². The number of nitrogens with zero attached hydrogens (tertiary/aromatic N) is 2. The molecule has 0 unspecified atom stereocenters. The van der Waals surface area contributed by atoms with Crippen LogP contribution in [0.1, 0.15) is 11.4 Å². The monoisotopic (exact) mass is 348 g/mol. The summed E-state index contributed by atoms with van der Waals surface area (Å²) in [6.07, 6.45) is -4.26. The molecule has 0 amide bonds. The Labute approximate surface area is 105 Å². The Balaban J connectivity index is 2.41. The summed E-state index contributed by atoms with van der Waals surface area (Å²) < 4.78 is 42.6. The van der Waals surface area contributed by atoms with Crippen molar-refractivity contribution in [2.45, 2.75) is 26.6 Å². The molecule has 1 aromatic rings. The number of hydrogen-bond donors (Lipinski definition) is 0. The summed E-state index contributed by atoms with van der Waals surface area (Å²) in [5, 5.41) is 4.19. The lowest BCUT2D eigenvalue weighted by molar-refractivity contribution is -0.174. The van der Waals surface area contributed by atoms with Crippen LogP contribution in [0.5, 0.6) is 0 Å². The molecule has 16 heavy (non-hydrogen) atoms. The largest absolute Gasteiger partial charge is 0.411 e. The fourth-order valence-electron chi connectivity index (χ4n) is 1.23. The molecular weight excluding hydrogens is 336 g/mol. The third-order valence-electron chi connectivity index (χ3n) is 2.01. The maximum Gasteiger partial charge on any atom is 0.411 e. The van der Waals surface area contributed by atoms with E-state index in [2.05, 4.69) is 32.4 Å². The van der Waals surface area contributed by atoms with E-state index in [-0.39, 0.29) is 6.61 Å². The molecule has 1 aromatic heterocycles. The van der Waals surface area contributed by atoms with Gasteiger partial charge in [0.25, 0.3) is 0 Å². The van der Waals surface area contributed by atoms with Crippen LogP contribution in [-0.2, 0) is 11.3 Å². The number of rotatable bonds is 4. The van der Waals surface area contributed by atoms with Crippen molar-refractivity contribution >= 4 is 22.6 Å². The number of halogens is 4. The lowest BCUT2D eigenvalue weighted by Gasteiger charge is -2.08. The molecule has 0 bridgehead atoms. The van der Waals surface area contributed by atoms with Gasteiger partial charge in [0.2, 0.25) is 0 Å². The number of aromatic nitrogens is 2. The molecule has 92 valence electrons. The Hall–Kier alpha value is -0.310. The van der Waals surface area contributed by atoms with Crippen LogP contribution >= 0.6 is 22.6 Å². The SMILES string of the molecule is Cc1nn(CCOCC(F)(F)F)c(C)c1I. The number of ether oxygens (including phenoxy) is 1. The van der Waals surface area contributed by atoms with E-state index < -0.39 is 12.8 Å². The van der Waals surface area contributed by atoms with Gasteiger partial charge >= 0.3 is 6.18 Å². The molecule has 0 atom stereocenters. The van der Waals surface area contributed by atoms with Gasteiger partial charge in [-0.05, 0) is 36.4 Å². The minimum absolute atomic E-state index is 0.0115. The first-order valence-electron chi connectivity index (χ1n) is 4.65. The zero-order valence-electron chi connectivity index (χ0n) is 8.94. The van der Waals surface area contributed by atoms with Crippen LogP contribution in [0.25, 0.3) is 0 Å². The third kappa shape index (κ3) is 3.93. The normalized spacial score (nSPS) is 12.1. The van der Waals surface area contributed by atoms with Gasteiger partial charge in [0.1, 0.15) is 6.61 Å². The van der Waals surface area contributed by atoms with E-state index in [0.29, 0.717) is 6.54 Å². The quantitative estimate of drug-likeness (QED) is 0.618. The van der Waals surface area contributed by atoms with Crippen LogP contribution in [0.2, 0.25) is 0 Å². The molecule has 1 rings (SSSR count). The highest BCUT2D eigenvalue weighted by atomic mass is 127. The Morgan fingerprint density at radius 3 is 2.44 bits per heavy atom. The average Bonchev–Trinajstić information content (AvgIpc) is 2.40.